The van der Waals surface area contributed by atoms with Gasteiger partial charge in [0.1, 0.15) is 0 Å². The van der Waals surface area contributed by atoms with Crippen molar-refractivity contribution in [2.75, 3.05) is 0 Å². The number of rotatable bonds is 3. The molecule has 0 aliphatic heterocycles. The van der Waals surface area contributed by atoms with E-state index in [1.54, 1.807) is 11.3 Å². The largest absolute Gasteiger partial charge is 0.298 e. The van der Waals surface area contributed by atoms with Gasteiger partial charge in [0.05, 0.1) is 9.77 Å². The highest BCUT2D eigenvalue weighted by Gasteiger charge is 2.00. The number of hydrogen-bond donors (Lipinski definition) is 0. The summed E-state index contributed by atoms with van der Waals surface area (Å²) in [6, 6.07) is 3.99. The zero-order valence-corrected chi connectivity index (χ0v) is 8.72. The summed E-state index contributed by atoms with van der Waals surface area (Å²) < 4.78 is 1.14. The van der Waals surface area contributed by atoms with Crippen molar-refractivity contribution >= 4 is 29.4 Å². The van der Waals surface area contributed by atoms with Crippen LogP contribution < -0.4 is 0 Å². The fourth-order valence-corrected chi connectivity index (χ4v) is 2.42. The molecule has 2 aromatic heterocycles. The molecule has 0 aliphatic rings. The van der Waals surface area contributed by atoms with Crippen molar-refractivity contribution in [2.24, 2.45) is 0 Å². The Hall–Kier alpha value is -1.20. The smallest absolute Gasteiger partial charge is 0.193 e. The third-order valence-electron chi connectivity index (χ3n) is 1.47. The number of nitrogens with zero attached hydrogens (tertiary/aromatic N) is 2. The molecule has 0 bridgehead atoms. The zero-order chi connectivity index (χ0) is 9.80. The highest BCUT2D eigenvalue weighted by molar-refractivity contribution is 8.01. The predicted octanol–water partition coefficient (Wildman–Crippen LogP) is 2.50. The SMILES string of the molecule is O=Cc1cnc(Sc2cccs2)nc1. The van der Waals surface area contributed by atoms with Gasteiger partial charge in [-0.25, -0.2) is 9.97 Å². The van der Waals surface area contributed by atoms with Crippen molar-refractivity contribution in [3.8, 4) is 0 Å². The Labute approximate surface area is 89.2 Å². The molecule has 0 N–H and O–H groups in total. The molecular formula is C9H6N2OS2. The van der Waals surface area contributed by atoms with Gasteiger partial charge in [-0.15, -0.1) is 11.3 Å². The van der Waals surface area contributed by atoms with Crippen LogP contribution in [0.15, 0.2) is 39.3 Å². The Balaban J connectivity index is 2.14. The van der Waals surface area contributed by atoms with Gasteiger partial charge in [-0.2, -0.15) is 0 Å². The van der Waals surface area contributed by atoms with E-state index >= 15 is 0 Å². The Kier molecular flexibility index (Phi) is 2.90. The van der Waals surface area contributed by atoms with Crippen molar-refractivity contribution in [3.05, 3.63) is 35.5 Å². The average Bonchev–Trinajstić information content (AvgIpc) is 2.72. The maximum atomic E-state index is 10.4. The van der Waals surface area contributed by atoms with Gasteiger partial charge in [-0.1, -0.05) is 6.07 Å². The van der Waals surface area contributed by atoms with E-state index in [1.165, 1.54) is 24.2 Å². The van der Waals surface area contributed by atoms with Gasteiger partial charge in [-0.05, 0) is 23.2 Å². The van der Waals surface area contributed by atoms with Crippen LogP contribution in [0.1, 0.15) is 10.4 Å². The van der Waals surface area contributed by atoms with Gasteiger partial charge >= 0.3 is 0 Å². The maximum Gasteiger partial charge on any atom is 0.193 e. The number of thiophene rings is 1. The summed E-state index contributed by atoms with van der Waals surface area (Å²) >= 11 is 3.13. The van der Waals surface area contributed by atoms with Crippen molar-refractivity contribution in [1.29, 1.82) is 0 Å². The van der Waals surface area contributed by atoms with Gasteiger partial charge in [0.15, 0.2) is 11.4 Å². The first kappa shape index (κ1) is 9.36. The van der Waals surface area contributed by atoms with Gasteiger partial charge in [0.25, 0.3) is 0 Å². The highest BCUT2D eigenvalue weighted by atomic mass is 32.2. The molecule has 5 heteroatoms. The van der Waals surface area contributed by atoms with Crippen LogP contribution in [0.4, 0.5) is 0 Å². The first-order valence-corrected chi connectivity index (χ1v) is 5.56. The van der Waals surface area contributed by atoms with Gasteiger partial charge in [-0.3, -0.25) is 4.79 Å². The Morgan fingerprint density at radius 1 is 1.36 bits per heavy atom. The van der Waals surface area contributed by atoms with Crippen molar-refractivity contribution in [3.63, 3.8) is 0 Å². The van der Waals surface area contributed by atoms with E-state index in [4.69, 9.17) is 0 Å². The molecule has 2 aromatic rings. The Bertz CT molecular complexity index is 411. The highest BCUT2D eigenvalue weighted by Crippen LogP contribution is 2.28. The topological polar surface area (TPSA) is 42.9 Å². The molecule has 0 saturated carbocycles. The minimum Gasteiger partial charge on any atom is -0.298 e. The minimum absolute atomic E-state index is 0.500. The van der Waals surface area contributed by atoms with E-state index in [1.807, 2.05) is 17.5 Å². The Morgan fingerprint density at radius 3 is 2.71 bits per heavy atom. The number of aromatic nitrogens is 2. The van der Waals surface area contributed by atoms with E-state index in [0.29, 0.717) is 10.7 Å². The summed E-state index contributed by atoms with van der Waals surface area (Å²) in [5, 5.41) is 2.67. The van der Waals surface area contributed by atoms with Crippen LogP contribution in [0.3, 0.4) is 0 Å². The molecular weight excluding hydrogens is 216 g/mol. The second-order valence-corrected chi connectivity index (χ2v) is 4.67. The molecule has 0 aromatic carbocycles. The quantitative estimate of drug-likeness (QED) is 0.591. The van der Waals surface area contributed by atoms with Gasteiger partial charge in [0.2, 0.25) is 0 Å². The summed E-state index contributed by atoms with van der Waals surface area (Å²) in [4.78, 5) is 18.5. The summed E-state index contributed by atoms with van der Waals surface area (Å²) in [6.45, 7) is 0. The van der Waals surface area contributed by atoms with E-state index in [0.717, 1.165) is 10.5 Å². The molecule has 0 radical (unpaired) electrons. The lowest BCUT2D eigenvalue weighted by Gasteiger charge is -1.95. The normalized spacial score (nSPS) is 10.0. The van der Waals surface area contributed by atoms with E-state index in [-0.39, 0.29) is 0 Å². The summed E-state index contributed by atoms with van der Waals surface area (Å²) in [5.41, 5.74) is 0.500. The molecule has 2 rings (SSSR count). The first-order valence-electron chi connectivity index (χ1n) is 3.87. The van der Waals surface area contributed by atoms with Crippen molar-refractivity contribution in [2.45, 2.75) is 9.37 Å². The maximum absolute atomic E-state index is 10.4. The molecule has 70 valence electrons. The third-order valence-corrected chi connectivity index (χ3v) is 3.40. The monoisotopic (exact) mass is 222 g/mol. The fraction of sp³-hybridized carbons (Fsp3) is 0. The molecule has 0 aliphatic carbocycles. The molecule has 14 heavy (non-hydrogen) atoms. The summed E-state index contributed by atoms with van der Waals surface area (Å²) in [7, 11) is 0. The molecule has 0 atom stereocenters. The molecule has 2 heterocycles. The summed E-state index contributed by atoms with van der Waals surface area (Å²) in [5.74, 6) is 0. The van der Waals surface area contributed by atoms with Gasteiger partial charge in [0, 0.05) is 12.4 Å². The lowest BCUT2D eigenvalue weighted by molar-refractivity contribution is 0.112. The molecule has 0 unspecified atom stereocenters. The second kappa shape index (κ2) is 4.34. The number of hydrogen-bond acceptors (Lipinski definition) is 5. The standard InChI is InChI=1S/C9H6N2OS2/c12-6-7-4-10-9(11-5-7)14-8-2-1-3-13-8/h1-6H. The first-order chi connectivity index (χ1) is 6.88. The van der Waals surface area contributed by atoms with Crippen LogP contribution in [0.2, 0.25) is 0 Å². The van der Waals surface area contributed by atoms with Crippen LogP contribution in [0.5, 0.6) is 0 Å². The van der Waals surface area contributed by atoms with E-state index in [2.05, 4.69) is 9.97 Å². The third kappa shape index (κ3) is 2.18. The zero-order valence-electron chi connectivity index (χ0n) is 7.08. The van der Waals surface area contributed by atoms with Crippen LogP contribution in [0.25, 0.3) is 0 Å². The van der Waals surface area contributed by atoms with E-state index in [9.17, 15) is 4.79 Å². The van der Waals surface area contributed by atoms with E-state index < -0.39 is 0 Å². The van der Waals surface area contributed by atoms with Crippen LogP contribution in [-0.4, -0.2) is 16.3 Å². The second-order valence-electron chi connectivity index (χ2n) is 2.45. The van der Waals surface area contributed by atoms with Crippen LogP contribution >= 0.6 is 23.1 Å². The molecule has 0 spiro atoms. The number of carbonyl (C=O) groups is 1. The van der Waals surface area contributed by atoms with Crippen molar-refractivity contribution in [1.82, 2.24) is 9.97 Å². The average molecular weight is 222 g/mol. The minimum atomic E-state index is 0.500. The van der Waals surface area contributed by atoms with Gasteiger partial charge < -0.3 is 0 Å². The fourth-order valence-electron chi connectivity index (χ4n) is 0.851. The Morgan fingerprint density at radius 2 is 2.14 bits per heavy atom. The summed E-state index contributed by atoms with van der Waals surface area (Å²) in [6.07, 6.45) is 3.78. The molecule has 3 nitrogen and oxygen atoms in total. The molecule has 0 amide bonds. The van der Waals surface area contributed by atoms with Crippen LogP contribution in [0, 0.1) is 0 Å². The van der Waals surface area contributed by atoms with Crippen LogP contribution in [-0.2, 0) is 0 Å². The van der Waals surface area contributed by atoms with Crippen molar-refractivity contribution < 1.29 is 4.79 Å². The number of carbonyl (C=O) groups excluding carboxylic acids is 1. The lowest BCUT2D eigenvalue weighted by Crippen LogP contribution is -1.88. The molecule has 0 saturated heterocycles. The lowest BCUT2D eigenvalue weighted by atomic mass is 10.4. The number of aldehydes is 1. The molecule has 0 fully saturated rings. The predicted molar refractivity (Wildman–Crippen MR) is 55.9 cm³/mol.